The van der Waals surface area contributed by atoms with Crippen molar-refractivity contribution in [2.75, 3.05) is 13.2 Å². The molecule has 2 heterocycles. The molecule has 0 bridgehead atoms. The number of Topliss-reactive ketones (excluding diaryl/α,β-unsaturated/α-hetero) is 1. The number of carbonyl (C=O) groups excluding carboxylic acids is 3. The highest BCUT2D eigenvalue weighted by molar-refractivity contribution is 6.00. The number of esters is 1. The Morgan fingerprint density at radius 3 is 2.40 bits per heavy atom. The number of ketones is 1. The zero-order valence-electron chi connectivity index (χ0n) is 17.3. The first-order chi connectivity index (χ1) is 14.3. The topological polar surface area (TPSA) is 103 Å². The minimum absolute atomic E-state index is 0.322. The van der Waals surface area contributed by atoms with E-state index in [1.54, 1.807) is 42.7 Å². The van der Waals surface area contributed by atoms with Crippen molar-refractivity contribution in [3.8, 4) is 5.82 Å². The van der Waals surface area contributed by atoms with Gasteiger partial charge in [-0.15, -0.1) is 0 Å². The Hall–Kier alpha value is -3.68. The van der Waals surface area contributed by atoms with E-state index in [1.807, 2.05) is 26.0 Å². The average Bonchev–Trinajstić information content (AvgIpc) is 3.26. The lowest BCUT2D eigenvalue weighted by Crippen LogP contribution is -2.31. The van der Waals surface area contributed by atoms with E-state index in [0.29, 0.717) is 28.4 Å². The van der Waals surface area contributed by atoms with Gasteiger partial charge in [0.2, 0.25) is 5.78 Å². The summed E-state index contributed by atoms with van der Waals surface area (Å²) in [7, 11) is 0. The summed E-state index contributed by atoms with van der Waals surface area (Å²) >= 11 is 0. The van der Waals surface area contributed by atoms with Crippen LogP contribution in [0, 0.1) is 27.7 Å². The Kier molecular flexibility index (Phi) is 6.15. The van der Waals surface area contributed by atoms with E-state index in [9.17, 15) is 14.4 Å². The molecule has 0 spiro atoms. The molecule has 0 aliphatic carbocycles. The Balaban J connectivity index is 1.56. The lowest BCUT2D eigenvalue weighted by Gasteiger charge is -2.07. The number of benzene rings is 1. The zero-order chi connectivity index (χ0) is 21.8. The van der Waals surface area contributed by atoms with Gasteiger partial charge < -0.3 is 14.6 Å². The van der Waals surface area contributed by atoms with E-state index in [0.717, 1.165) is 11.3 Å². The lowest BCUT2D eigenvalue weighted by molar-refractivity contribution is -0.141. The smallest absolute Gasteiger partial charge is 0.325 e. The van der Waals surface area contributed by atoms with Gasteiger partial charge in [0.1, 0.15) is 12.3 Å². The molecule has 0 radical (unpaired) electrons. The van der Waals surface area contributed by atoms with Gasteiger partial charge in [-0.2, -0.15) is 0 Å². The van der Waals surface area contributed by atoms with E-state index in [1.165, 1.54) is 0 Å². The summed E-state index contributed by atoms with van der Waals surface area (Å²) in [5, 5.41) is 6.46. The maximum Gasteiger partial charge on any atom is 0.325 e. The van der Waals surface area contributed by atoms with Gasteiger partial charge in [0, 0.05) is 28.6 Å². The van der Waals surface area contributed by atoms with E-state index >= 15 is 0 Å². The first-order valence-corrected chi connectivity index (χ1v) is 9.42. The van der Waals surface area contributed by atoms with Gasteiger partial charge in [0.25, 0.3) is 5.91 Å². The summed E-state index contributed by atoms with van der Waals surface area (Å²) in [6.07, 6.45) is 0. The van der Waals surface area contributed by atoms with Gasteiger partial charge in [-0.25, -0.2) is 0 Å². The monoisotopic (exact) mass is 409 g/mol. The fourth-order valence-corrected chi connectivity index (χ4v) is 3.09. The number of hydrogen-bond acceptors (Lipinski definition) is 6. The van der Waals surface area contributed by atoms with Crippen LogP contribution in [0.5, 0.6) is 0 Å². The molecule has 8 heteroatoms. The second-order valence-corrected chi connectivity index (χ2v) is 7.05. The van der Waals surface area contributed by atoms with Crippen molar-refractivity contribution in [3.05, 3.63) is 70.2 Å². The summed E-state index contributed by atoms with van der Waals surface area (Å²) in [5.41, 5.74) is 3.39. The normalized spacial score (nSPS) is 10.7. The van der Waals surface area contributed by atoms with Crippen molar-refractivity contribution < 1.29 is 23.6 Å². The molecule has 0 atom stereocenters. The molecule has 0 aliphatic heterocycles. The van der Waals surface area contributed by atoms with E-state index in [-0.39, 0.29) is 18.2 Å². The van der Waals surface area contributed by atoms with Gasteiger partial charge >= 0.3 is 5.97 Å². The molecule has 2 aromatic heterocycles. The number of amides is 1. The van der Waals surface area contributed by atoms with Crippen LogP contribution < -0.4 is 5.32 Å². The second-order valence-electron chi connectivity index (χ2n) is 7.05. The van der Waals surface area contributed by atoms with Crippen molar-refractivity contribution in [3.63, 3.8) is 0 Å². The number of ether oxygens (including phenoxy) is 1. The third-order valence-electron chi connectivity index (χ3n) is 4.65. The van der Waals surface area contributed by atoms with Crippen molar-refractivity contribution in [2.24, 2.45) is 0 Å². The average molecular weight is 409 g/mol. The maximum atomic E-state index is 12.5. The van der Waals surface area contributed by atoms with Crippen molar-refractivity contribution in [2.45, 2.75) is 27.7 Å². The number of nitrogens with one attached hydrogen (secondary N) is 1. The van der Waals surface area contributed by atoms with Crippen LogP contribution >= 0.6 is 0 Å². The summed E-state index contributed by atoms with van der Waals surface area (Å²) < 4.78 is 11.9. The third kappa shape index (κ3) is 4.65. The lowest BCUT2D eigenvalue weighted by atomic mass is 10.1. The molecule has 1 aromatic carbocycles. The Morgan fingerprint density at radius 1 is 1.07 bits per heavy atom. The molecule has 156 valence electrons. The number of rotatable bonds is 7. The fraction of sp³-hybridized carbons (Fsp3) is 0.273. The van der Waals surface area contributed by atoms with Gasteiger partial charge in [-0.05, 0) is 45.9 Å². The van der Waals surface area contributed by atoms with Crippen LogP contribution in [0.1, 0.15) is 43.4 Å². The van der Waals surface area contributed by atoms with Crippen LogP contribution in [-0.2, 0) is 9.53 Å². The number of nitrogens with zero attached hydrogens (tertiary/aromatic N) is 2. The van der Waals surface area contributed by atoms with E-state index < -0.39 is 12.6 Å². The molecule has 1 amide bonds. The third-order valence-corrected chi connectivity index (χ3v) is 4.65. The van der Waals surface area contributed by atoms with Gasteiger partial charge in [0.15, 0.2) is 12.4 Å². The fourth-order valence-electron chi connectivity index (χ4n) is 3.09. The predicted octanol–water partition coefficient (Wildman–Crippen LogP) is 2.85. The second kappa shape index (κ2) is 8.77. The summed E-state index contributed by atoms with van der Waals surface area (Å²) in [6.45, 7) is 6.60. The number of aromatic nitrogens is 2. The quantitative estimate of drug-likeness (QED) is 0.475. The van der Waals surface area contributed by atoms with Crippen LogP contribution in [0.2, 0.25) is 0 Å². The molecule has 0 saturated heterocycles. The molecular weight excluding hydrogens is 386 g/mol. The molecule has 30 heavy (non-hydrogen) atoms. The Morgan fingerprint density at radius 2 is 1.77 bits per heavy atom. The van der Waals surface area contributed by atoms with Crippen molar-refractivity contribution in [1.82, 2.24) is 15.0 Å². The SMILES string of the molecule is Cc1ccc(C(=O)NCC(=O)OCC(=O)c2cc(C)n(-c3cc(C)on3)c2C)cc1. The first kappa shape index (κ1) is 21.0. The predicted molar refractivity (Wildman–Crippen MR) is 109 cm³/mol. The number of aryl methyl sites for hydroxylation is 3. The standard InChI is InChI=1S/C22H23N3O5/c1-13-5-7-17(8-6-13)22(28)23-11-21(27)29-12-19(26)18-9-14(2)25(16(18)4)20-10-15(3)30-24-20/h5-10H,11-12H2,1-4H3,(H,23,28). The summed E-state index contributed by atoms with van der Waals surface area (Å²) in [4.78, 5) is 36.5. The molecule has 0 saturated carbocycles. The van der Waals surface area contributed by atoms with Gasteiger partial charge in [0.05, 0.1) is 0 Å². The summed E-state index contributed by atoms with van der Waals surface area (Å²) in [5.74, 6) is -0.174. The molecule has 3 rings (SSSR count). The molecule has 0 unspecified atom stereocenters. The molecule has 1 N–H and O–H groups in total. The first-order valence-electron chi connectivity index (χ1n) is 9.42. The van der Waals surface area contributed by atoms with E-state index in [4.69, 9.17) is 9.26 Å². The Bertz CT molecular complexity index is 1090. The summed E-state index contributed by atoms with van der Waals surface area (Å²) in [6, 6.07) is 10.4. The van der Waals surface area contributed by atoms with Crippen LogP contribution in [0.3, 0.4) is 0 Å². The largest absolute Gasteiger partial charge is 0.456 e. The molecule has 3 aromatic rings. The maximum absolute atomic E-state index is 12.5. The highest BCUT2D eigenvalue weighted by Gasteiger charge is 2.19. The minimum atomic E-state index is -0.690. The number of carbonyl (C=O) groups is 3. The minimum Gasteiger partial charge on any atom is -0.456 e. The van der Waals surface area contributed by atoms with Crippen LogP contribution in [0.4, 0.5) is 0 Å². The molecule has 0 fully saturated rings. The van der Waals surface area contributed by atoms with Gasteiger partial charge in [-0.3, -0.25) is 19.0 Å². The van der Waals surface area contributed by atoms with Crippen LogP contribution in [0.25, 0.3) is 5.82 Å². The molecular formula is C22H23N3O5. The van der Waals surface area contributed by atoms with Crippen LogP contribution in [0.15, 0.2) is 40.9 Å². The Labute approximate surface area is 173 Å². The molecule has 0 aliphatic rings. The zero-order valence-corrected chi connectivity index (χ0v) is 17.3. The van der Waals surface area contributed by atoms with Crippen molar-refractivity contribution >= 4 is 17.7 Å². The highest BCUT2D eigenvalue weighted by Crippen LogP contribution is 2.21. The van der Waals surface area contributed by atoms with Crippen LogP contribution in [-0.4, -0.2) is 40.5 Å². The van der Waals surface area contributed by atoms with Crippen molar-refractivity contribution in [1.29, 1.82) is 0 Å². The number of hydrogen-bond donors (Lipinski definition) is 1. The molecule has 8 nitrogen and oxygen atoms in total. The highest BCUT2D eigenvalue weighted by atomic mass is 16.5. The van der Waals surface area contributed by atoms with Gasteiger partial charge in [-0.1, -0.05) is 22.9 Å². The van der Waals surface area contributed by atoms with E-state index in [2.05, 4.69) is 10.5 Å².